The maximum Gasteiger partial charge on any atom is 0.223 e. The Morgan fingerprint density at radius 1 is 0.793 bits per heavy atom. The van der Waals surface area contributed by atoms with Gasteiger partial charge in [-0.1, -0.05) is 60.7 Å². The number of hydrogen-bond donors (Lipinski definition) is 1. The number of nitrogens with one attached hydrogen (secondary N) is 1. The van der Waals surface area contributed by atoms with Crippen LogP contribution >= 0.6 is 0 Å². The second-order valence-corrected chi connectivity index (χ2v) is 7.98. The fourth-order valence-corrected chi connectivity index (χ4v) is 4.46. The zero-order valence-electron chi connectivity index (χ0n) is 17.2. The molecule has 2 saturated heterocycles. The molecule has 0 atom stereocenters. The topological polar surface area (TPSA) is 38.8 Å². The van der Waals surface area contributed by atoms with Gasteiger partial charge in [0.15, 0.2) is 0 Å². The molecule has 2 aromatic carbocycles. The van der Waals surface area contributed by atoms with Gasteiger partial charge in [0, 0.05) is 65.3 Å². The molecule has 0 aliphatic carbocycles. The number of benzene rings is 2. The van der Waals surface area contributed by atoms with Crippen molar-refractivity contribution in [2.75, 3.05) is 58.9 Å². The van der Waals surface area contributed by atoms with Crippen molar-refractivity contribution in [3.63, 3.8) is 0 Å². The van der Waals surface area contributed by atoms with E-state index in [1.165, 1.54) is 11.1 Å². The van der Waals surface area contributed by atoms with E-state index >= 15 is 0 Å². The molecule has 5 nitrogen and oxygen atoms in total. The Hall–Kier alpha value is -2.21. The van der Waals surface area contributed by atoms with Crippen LogP contribution in [-0.4, -0.2) is 79.5 Å². The maximum atomic E-state index is 12.4. The van der Waals surface area contributed by atoms with Gasteiger partial charge in [-0.05, 0) is 11.1 Å². The molecule has 2 aliphatic rings. The highest BCUT2D eigenvalue weighted by molar-refractivity contribution is 5.76. The van der Waals surface area contributed by atoms with Crippen molar-refractivity contribution >= 4 is 5.91 Å². The molecule has 154 valence electrons. The lowest BCUT2D eigenvalue weighted by Crippen LogP contribution is -2.50. The normalized spacial score (nSPS) is 18.9. The predicted molar refractivity (Wildman–Crippen MR) is 117 cm³/mol. The summed E-state index contributed by atoms with van der Waals surface area (Å²) in [5, 5.41) is 3.31. The van der Waals surface area contributed by atoms with Crippen molar-refractivity contribution in [2.24, 2.45) is 0 Å². The molecule has 1 amide bonds. The summed E-state index contributed by atoms with van der Waals surface area (Å²) in [6.45, 7) is 8.50. The van der Waals surface area contributed by atoms with E-state index in [-0.39, 0.29) is 0 Å². The lowest BCUT2D eigenvalue weighted by atomic mass is 9.96. The lowest BCUT2D eigenvalue weighted by Gasteiger charge is -2.40. The molecule has 2 heterocycles. The van der Waals surface area contributed by atoms with Crippen molar-refractivity contribution in [2.45, 2.75) is 12.5 Å². The van der Waals surface area contributed by atoms with Crippen LogP contribution in [0.1, 0.15) is 23.6 Å². The van der Waals surface area contributed by atoms with Gasteiger partial charge in [0.25, 0.3) is 0 Å². The van der Waals surface area contributed by atoms with Crippen LogP contribution in [0.15, 0.2) is 60.7 Å². The molecule has 4 rings (SSSR count). The Kier molecular flexibility index (Phi) is 6.93. The van der Waals surface area contributed by atoms with E-state index in [9.17, 15) is 4.79 Å². The van der Waals surface area contributed by atoms with E-state index in [4.69, 9.17) is 0 Å². The zero-order valence-corrected chi connectivity index (χ0v) is 17.2. The van der Waals surface area contributed by atoms with Crippen molar-refractivity contribution in [1.82, 2.24) is 20.0 Å². The highest BCUT2D eigenvalue weighted by atomic mass is 16.2. The summed E-state index contributed by atoms with van der Waals surface area (Å²) >= 11 is 0. The Balaban J connectivity index is 1.34. The van der Waals surface area contributed by atoms with Gasteiger partial charge in [0.05, 0.1) is 6.04 Å². The molecular weight excluding hydrogens is 360 g/mol. The third-order valence-corrected chi connectivity index (χ3v) is 6.11. The number of piperazine rings is 2. The van der Waals surface area contributed by atoms with Crippen LogP contribution in [0.25, 0.3) is 0 Å². The molecule has 2 aromatic rings. The van der Waals surface area contributed by atoms with Crippen molar-refractivity contribution in [3.05, 3.63) is 71.8 Å². The van der Waals surface area contributed by atoms with Gasteiger partial charge in [-0.15, -0.1) is 0 Å². The minimum atomic E-state index is 0.294. The Morgan fingerprint density at radius 3 is 1.90 bits per heavy atom. The van der Waals surface area contributed by atoms with Crippen molar-refractivity contribution < 1.29 is 4.79 Å². The smallest absolute Gasteiger partial charge is 0.223 e. The summed E-state index contributed by atoms with van der Waals surface area (Å²) in [5.74, 6) is 0.306. The second-order valence-electron chi connectivity index (χ2n) is 7.98. The Morgan fingerprint density at radius 2 is 1.34 bits per heavy atom. The van der Waals surface area contributed by atoms with Crippen LogP contribution in [0.2, 0.25) is 0 Å². The lowest BCUT2D eigenvalue weighted by molar-refractivity contribution is -0.132. The quantitative estimate of drug-likeness (QED) is 0.818. The number of rotatable bonds is 6. The average Bonchev–Trinajstić information content (AvgIpc) is 2.80. The molecule has 0 radical (unpaired) electrons. The highest BCUT2D eigenvalue weighted by Crippen LogP contribution is 2.29. The number of carbonyl (C=O) groups is 1. The first-order valence-corrected chi connectivity index (χ1v) is 10.9. The molecule has 1 N–H and O–H groups in total. The van der Waals surface area contributed by atoms with Gasteiger partial charge in [0.1, 0.15) is 0 Å². The molecule has 0 bridgehead atoms. The van der Waals surface area contributed by atoms with Crippen LogP contribution in [0.5, 0.6) is 0 Å². The van der Waals surface area contributed by atoms with Gasteiger partial charge < -0.3 is 15.1 Å². The van der Waals surface area contributed by atoms with E-state index in [1.54, 1.807) is 0 Å². The molecule has 0 aromatic heterocycles. The SMILES string of the molecule is O=C(CCN1CCN(C(c2ccccc2)c2ccccc2)CC1)N1CCNCC1. The average molecular weight is 393 g/mol. The molecule has 0 saturated carbocycles. The molecule has 0 unspecified atom stereocenters. The van der Waals surface area contributed by atoms with E-state index < -0.39 is 0 Å². The monoisotopic (exact) mass is 392 g/mol. The van der Waals surface area contributed by atoms with Crippen molar-refractivity contribution in [1.29, 1.82) is 0 Å². The van der Waals surface area contributed by atoms with E-state index in [0.717, 1.165) is 58.9 Å². The maximum absolute atomic E-state index is 12.4. The first kappa shape index (κ1) is 20.1. The van der Waals surface area contributed by atoms with Crippen LogP contribution in [-0.2, 0) is 4.79 Å². The van der Waals surface area contributed by atoms with Crippen molar-refractivity contribution in [3.8, 4) is 0 Å². The largest absolute Gasteiger partial charge is 0.340 e. The summed E-state index contributed by atoms with van der Waals surface area (Å²) < 4.78 is 0. The predicted octanol–water partition coefficient (Wildman–Crippen LogP) is 2.22. The van der Waals surface area contributed by atoms with Crippen LogP contribution in [0, 0.1) is 0 Å². The van der Waals surface area contributed by atoms with Crippen LogP contribution < -0.4 is 5.32 Å². The fourth-order valence-electron chi connectivity index (χ4n) is 4.46. The van der Waals surface area contributed by atoms with Gasteiger partial charge in [-0.2, -0.15) is 0 Å². The molecule has 29 heavy (non-hydrogen) atoms. The number of nitrogens with zero attached hydrogens (tertiary/aromatic N) is 3. The zero-order chi connectivity index (χ0) is 19.9. The molecule has 0 spiro atoms. The van der Waals surface area contributed by atoms with E-state index in [1.807, 2.05) is 4.90 Å². The number of carbonyl (C=O) groups excluding carboxylic acids is 1. The van der Waals surface area contributed by atoms with Crippen LogP contribution in [0.4, 0.5) is 0 Å². The summed E-state index contributed by atoms with van der Waals surface area (Å²) in [4.78, 5) is 19.5. The van der Waals surface area contributed by atoms with E-state index in [0.29, 0.717) is 18.4 Å². The third-order valence-electron chi connectivity index (χ3n) is 6.11. The number of amides is 1. The fraction of sp³-hybridized carbons (Fsp3) is 0.458. The summed E-state index contributed by atoms with van der Waals surface area (Å²) in [5.41, 5.74) is 2.70. The summed E-state index contributed by atoms with van der Waals surface area (Å²) in [6.07, 6.45) is 0.640. The molecule has 2 fully saturated rings. The summed E-state index contributed by atoms with van der Waals surface area (Å²) in [7, 11) is 0. The second kappa shape index (κ2) is 10.0. The van der Waals surface area contributed by atoms with Gasteiger partial charge in [0.2, 0.25) is 5.91 Å². The first-order valence-electron chi connectivity index (χ1n) is 10.9. The molecular formula is C24H32N4O. The summed E-state index contributed by atoms with van der Waals surface area (Å²) in [6, 6.07) is 21.9. The minimum Gasteiger partial charge on any atom is -0.340 e. The number of hydrogen-bond acceptors (Lipinski definition) is 4. The van der Waals surface area contributed by atoms with E-state index in [2.05, 4.69) is 75.8 Å². The minimum absolute atomic E-state index is 0.294. The Labute approximate surface area is 174 Å². The Bertz CT molecular complexity index is 713. The first-order chi connectivity index (χ1) is 14.3. The third kappa shape index (κ3) is 5.24. The standard InChI is InChI=1S/C24H32N4O/c29-23(27-15-12-25-13-16-27)11-14-26-17-19-28(20-18-26)24(21-7-3-1-4-8-21)22-9-5-2-6-10-22/h1-10,24-25H,11-20H2. The molecule has 2 aliphatic heterocycles. The van der Waals surface area contributed by atoms with Gasteiger partial charge in [-0.25, -0.2) is 0 Å². The van der Waals surface area contributed by atoms with Gasteiger partial charge >= 0.3 is 0 Å². The van der Waals surface area contributed by atoms with Crippen LogP contribution in [0.3, 0.4) is 0 Å². The van der Waals surface area contributed by atoms with Gasteiger partial charge in [-0.3, -0.25) is 9.69 Å². The highest BCUT2D eigenvalue weighted by Gasteiger charge is 2.26. The molecule has 5 heteroatoms.